The third kappa shape index (κ3) is 4.15. The maximum absolute atomic E-state index is 12.4. The Morgan fingerprint density at radius 2 is 1.88 bits per heavy atom. The van der Waals surface area contributed by atoms with E-state index in [-0.39, 0.29) is 10.5 Å². The van der Waals surface area contributed by atoms with Gasteiger partial charge < -0.3 is 15.0 Å². The minimum absolute atomic E-state index is 0.00500. The summed E-state index contributed by atoms with van der Waals surface area (Å²) in [7, 11) is -3.49. The Morgan fingerprint density at radius 1 is 1.16 bits per heavy atom. The Bertz CT molecular complexity index is 860. The normalized spacial score (nSPS) is 15.0. The molecule has 7 nitrogen and oxygen atoms in total. The lowest BCUT2D eigenvalue weighted by Crippen LogP contribution is -2.36. The summed E-state index contributed by atoms with van der Waals surface area (Å²) < 4.78 is 29.0. The van der Waals surface area contributed by atoms with E-state index in [0.29, 0.717) is 18.9 Å². The van der Waals surface area contributed by atoms with Gasteiger partial charge in [-0.25, -0.2) is 13.4 Å². The molecule has 0 unspecified atom stereocenters. The molecule has 0 bridgehead atoms. The highest BCUT2D eigenvalue weighted by Gasteiger charge is 2.18. The number of ether oxygens (including phenoxy) is 1. The predicted molar refractivity (Wildman–Crippen MR) is 94.8 cm³/mol. The molecule has 2 heterocycles. The minimum Gasteiger partial charge on any atom is -0.378 e. The highest BCUT2D eigenvalue weighted by atomic mass is 32.2. The van der Waals surface area contributed by atoms with Crippen molar-refractivity contribution in [3.63, 3.8) is 0 Å². The average molecular weight is 361 g/mol. The SMILES string of the molecule is CS(=O)(=O)c1ccccc1C(=O)Nc1ccc(N2CCOCC2)nc1. The van der Waals surface area contributed by atoms with Gasteiger partial charge in [0.25, 0.3) is 5.91 Å². The molecule has 132 valence electrons. The first-order valence-electron chi connectivity index (χ1n) is 7.84. The maximum Gasteiger partial charge on any atom is 0.257 e. The molecule has 1 N–H and O–H groups in total. The Labute approximate surface area is 146 Å². The lowest BCUT2D eigenvalue weighted by Gasteiger charge is -2.27. The molecule has 0 spiro atoms. The van der Waals surface area contributed by atoms with E-state index in [4.69, 9.17) is 4.74 Å². The van der Waals surface area contributed by atoms with E-state index >= 15 is 0 Å². The van der Waals surface area contributed by atoms with Gasteiger partial charge in [0.1, 0.15) is 5.82 Å². The zero-order chi connectivity index (χ0) is 17.9. The zero-order valence-corrected chi connectivity index (χ0v) is 14.6. The number of benzene rings is 1. The van der Waals surface area contributed by atoms with Crippen LogP contribution >= 0.6 is 0 Å². The van der Waals surface area contributed by atoms with Gasteiger partial charge in [-0.3, -0.25) is 4.79 Å². The highest BCUT2D eigenvalue weighted by molar-refractivity contribution is 7.90. The van der Waals surface area contributed by atoms with Crippen LogP contribution in [0.1, 0.15) is 10.4 Å². The van der Waals surface area contributed by atoms with Gasteiger partial charge >= 0.3 is 0 Å². The monoisotopic (exact) mass is 361 g/mol. The van der Waals surface area contributed by atoms with E-state index in [2.05, 4.69) is 15.2 Å². The molecule has 2 aromatic rings. The number of anilines is 2. The summed E-state index contributed by atoms with van der Waals surface area (Å²) >= 11 is 0. The first-order valence-corrected chi connectivity index (χ1v) is 9.73. The van der Waals surface area contributed by atoms with Gasteiger partial charge in [-0.15, -0.1) is 0 Å². The second-order valence-corrected chi connectivity index (χ2v) is 7.71. The summed E-state index contributed by atoms with van der Waals surface area (Å²) in [5.41, 5.74) is 0.618. The summed E-state index contributed by atoms with van der Waals surface area (Å²) in [4.78, 5) is 18.9. The molecular formula is C17H19N3O4S. The quantitative estimate of drug-likeness (QED) is 0.889. The molecule has 1 amide bonds. The fourth-order valence-corrected chi connectivity index (χ4v) is 3.50. The van der Waals surface area contributed by atoms with Gasteiger partial charge in [-0.05, 0) is 24.3 Å². The fourth-order valence-electron chi connectivity index (χ4n) is 2.62. The van der Waals surface area contributed by atoms with Gasteiger partial charge in [0, 0.05) is 19.3 Å². The van der Waals surface area contributed by atoms with Crippen LogP contribution in [0.5, 0.6) is 0 Å². The van der Waals surface area contributed by atoms with E-state index in [0.717, 1.165) is 25.2 Å². The standard InChI is InChI=1S/C17H19N3O4S/c1-25(22,23)15-5-3-2-4-14(15)17(21)19-13-6-7-16(18-12-13)20-8-10-24-11-9-20/h2-7,12H,8-11H2,1H3,(H,19,21). The number of carbonyl (C=O) groups excluding carboxylic acids is 1. The topological polar surface area (TPSA) is 88.6 Å². The third-order valence-corrected chi connectivity index (χ3v) is 5.03. The molecule has 3 rings (SSSR count). The van der Waals surface area contributed by atoms with Gasteiger partial charge in [-0.2, -0.15) is 0 Å². The number of pyridine rings is 1. The summed E-state index contributed by atoms with van der Waals surface area (Å²) in [5.74, 6) is 0.333. The van der Waals surface area contributed by atoms with Crippen molar-refractivity contribution >= 4 is 27.2 Å². The van der Waals surface area contributed by atoms with Crippen molar-refractivity contribution in [3.05, 3.63) is 48.2 Å². The number of aromatic nitrogens is 1. The minimum atomic E-state index is -3.49. The Hall–Kier alpha value is -2.45. The molecule has 0 radical (unpaired) electrons. The summed E-state index contributed by atoms with van der Waals surface area (Å²) in [6.45, 7) is 2.89. The molecule has 1 saturated heterocycles. The zero-order valence-electron chi connectivity index (χ0n) is 13.8. The number of nitrogens with zero attached hydrogens (tertiary/aromatic N) is 2. The van der Waals surface area contributed by atoms with Crippen molar-refractivity contribution < 1.29 is 17.9 Å². The van der Waals surface area contributed by atoms with E-state index in [9.17, 15) is 13.2 Å². The Balaban J connectivity index is 1.76. The van der Waals surface area contributed by atoms with Gasteiger partial charge in [0.05, 0.1) is 35.6 Å². The largest absolute Gasteiger partial charge is 0.378 e. The fraction of sp³-hybridized carbons (Fsp3) is 0.294. The third-order valence-electron chi connectivity index (χ3n) is 3.87. The van der Waals surface area contributed by atoms with Crippen molar-refractivity contribution in [2.75, 3.05) is 42.8 Å². The van der Waals surface area contributed by atoms with E-state index in [1.54, 1.807) is 24.4 Å². The Kier molecular flexibility index (Phi) is 5.00. The van der Waals surface area contributed by atoms with Crippen LogP contribution in [0.3, 0.4) is 0 Å². The van der Waals surface area contributed by atoms with Crippen LogP contribution < -0.4 is 10.2 Å². The van der Waals surface area contributed by atoms with E-state index in [1.165, 1.54) is 12.1 Å². The van der Waals surface area contributed by atoms with Crippen molar-refractivity contribution in [1.29, 1.82) is 0 Å². The molecule has 8 heteroatoms. The second kappa shape index (κ2) is 7.20. The number of morpholine rings is 1. The van der Waals surface area contributed by atoms with E-state index in [1.807, 2.05) is 6.07 Å². The van der Waals surface area contributed by atoms with Crippen LogP contribution in [0.4, 0.5) is 11.5 Å². The van der Waals surface area contributed by atoms with Crippen LogP contribution in [-0.4, -0.2) is 51.9 Å². The number of nitrogens with one attached hydrogen (secondary N) is 1. The molecule has 0 atom stereocenters. The van der Waals surface area contributed by atoms with Gasteiger partial charge in [0.15, 0.2) is 9.84 Å². The molecule has 1 aliphatic heterocycles. The second-order valence-electron chi connectivity index (χ2n) is 5.73. The molecule has 1 aliphatic rings. The molecule has 1 fully saturated rings. The van der Waals surface area contributed by atoms with Crippen molar-refractivity contribution in [2.45, 2.75) is 4.90 Å². The van der Waals surface area contributed by atoms with Gasteiger partial charge in [0.2, 0.25) is 0 Å². The summed E-state index contributed by atoms with van der Waals surface area (Å²) in [6, 6.07) is 9.70. The van der Waals surface area contributed by atoms with Crippen LogP contribution in [0.25, 0.3) is 0 Å². The van der Waals surface area contributed by atoms with Gasteiger partial charge in [-0.1, -0.05) is 12.1 Å². The lowest BCUT2D eigenvalue weighted by molar-refractivity contribution is 0.102. The average Bonchev–Trinajstić information content (AvgIpc) is 2.62. The molecule has 0 saturated carbocycles. The van der Waals surface area contributed by atoms with Crippen molar-refractivity contribution in [1.82, 2.24) is 4.98 Å². The van der Waals surface area contributed by atoms with Crippen LogP contribution in [0.2, 0.25) is 0 Å². The number of sulfone groups is 1. The number of carbonyl (C=O) groups is 1. The van der Waals surface area contributed by atoms with E-state index < -0.39 is 15.7 Å². The van der Waals surface area contributed by atoms with Crippen molar-refractivity contribution in [3.8, 4) is 0 Å². The molecule has 1 aromatic heterocycles. The molecule has 1 aromatic carbocycles. The van der Waals surface area contributed by atoms with Crippen LogP contribution in [0, 0.1) is 0 Å². The maximum atomic E-state index is 12.4. The number of rotatable bonds is 4. The molecule has 25 heavy (non-hydrogen) atoms. The van der Waals surface area contributed by atoms with Crippen molar-refractivity contribution in [2.24, 2.45) is 0 Å². The molecular weight excluding hydrogens is 342 g/mol. The lowest BCUT2D eigenvalue weighted by atomic mass is 10.2. The van der Waals surface area contributed by atoms with Crippen LogP contribution in [0.15, 0.2) is 47.5 Å². The first-order chi connectivity index (χ1) is 11.9. The predicted octanol–water partition coefficient (Wildman–Crippen LogP) is 1.57. The number of hydrogen-bond acceptors (Lipinski definition) is 6. The summed E-state index contributed by atoms with van der Waals surface area (Å²) in [6.07, 6.45) is 2.64. The first kappa shape index (κ1) is 17.4. The number of hydrogen-bond donors (Lipinski definition) is 1. The summed E-state index contributed by atoms with van der Waals surface area (Å²) in [5, 5.41) is 2.69. The smallest absolute Gasteiger partial charge is 0.257 e. The van der Waals surface area contributed by atoms with Crippen LogP contribution in [-0.2, 0) is 14.6 Å². The molecule has 0 aliphatic carbocycles. The Morgan fingerprint density at radius 3 is 2.52 bits per heavy atom. The number of amides is 1. The highest BCUT2D eigenvalue weighted by Crippen LogP contribution is 2.19.